The van der Waals surface area contributed by atoms with Crippen molar-refractivity contribution in [1.82, 2.24) is 0 Å². The molecule has 0 unspecified atom stereocenters. The second-order valence-corrected chi connectivity index (χ2v) is 16.3. The molecule has 4 aromatic carbocycles. The van der Waals surface area contributed by atoms with Crippen molar-refractivity contribution >= 4 is 75.3 Å². The van der Waals surface area contributed by atoms with Gasteiger partial charge in [0.1, 0.15) is 5.69 Å². The highest BCUT2D eigenvalue weighted by Gasteiger charge is 2.77. The Morgan fingerprint density at radius 1 is 0.738 bits per heavy atom. The summed E-state index contributed by atoms with van der Waals surface area (Å²) in [4.78, 5) is 54.9. The van der Waals surface area contributed by atoms with Crippen LogP contribution in [0.4, 0.5) is 50.4 Å². The molecule has 61 heavy (non-hydrogen) atoms. The summed E-state index contributed by atoms with van der Waals surface area (Å²) < 4.78 is 84.9. The van der Waals surface area contributed by atoms with Gasteiger partial charge in [0, 0.05) is 25.7 Å². The number of carbonyl (C=O) groups excluding carboxylic acids is 4. The number of rotatable bonds is 8. The lowest BCUT2D eigenvalue weighted by molar-refractivity contribution is -0.125. The van der Waals surface area contributed by atoms with Gasteiger partial charge >= 0.3 is 0 Å². The fourth-order valence-corrected chi connectivity index (χ4v) is 9.81. The van der Waals surface area contributed by atoms with E-state index in [0.717, 1.165) is 10.6 Å². The fourth-order valence-electron chi connectivity index (χ4n) is 8.88. The molecule has 1 N–H and O–H groups in total. The van der Waals surface area contributed by atoms with E-state index in [1.807, 2.05) is 31.1 Å². The maximum Gasteiger partial charge on any atom is 0.258 e. The summed E-state index contributed by atoms with van der Waals surface area (Å²) in [6.45, 7) is 0. The number of methoxy groups -OCH3 is 2. The molecule has 2 aliphatic carbocycles. The van der Waals surface area contributed by atoms with E-state index in [1.165, 1.54) is 38.5 Å². The molecular formula is C42H32Cl2F5N5O7. The standard InChI is InChI=1S/C42H32Cl2F5N5O7/c1-52(2)21-9-5-19(6-10-21)50-51-20-7-11-22(12-8-20)53-37(56)24-14-13-23-25(28(24)38(53)57)17-41(43)39(58)54(35-33(48)31(46)30(45)32(47)34(35)49)40(59)42(41,44)29(23)18-15-26(60-3)36(55)27(16-18)61-4/h5-13,15-16,24-25,28-29,55H,14,17H2,1-4H3/t24-,25+,28-,29-,41+,42-/m0/s1. The molecule has 2 saturated heterocycles. The number of phenolic OH excluding ortho intramolecular Hbond substituents is 1. The molecule has 2 heterocycles. The number of phenols is 1. The van der Waals surface area contributed by atoms with Crippen molar-refractivity contribution in [3.05, 3.63) is 107 Å². The molecule has 4 aromatic rings. The normalized spacial score (nSPS) is 25.8. The van der Waals surface area contributed by atoms with Crippen LogP contribution >= 0.6 is 23.2 Å². The number of benzene rings is 4. The molecule has 0 radical (unpaired) electrons. The van der Waals surface area contributed by atoms with Crippen LogP contribution in [0.2, 0.25) is 0 Å². The number of nitrogens with zero attached hydrogens (tertiary/aromatic N) is 5. The summed E-state index contributed by atoms with van der Waals surface area (Å²) in [5, 5.41) is 19.3. The van der Waals surface area contributed by atoms with Gasteiger partial charge in [-0.3, -0.25) is 24.1 Å². The van der Waals surface area contributed by atoms with E-state index < -0.39 is 104 Å². The number of allylic oxidation sites excluding steroid dienone is 2. The van der Waals surface area contributed by atoms with Crippen molar-refractivity contribution in [2.45, 2.75) is 28.5 Å². The minimum atomic E-state index is -2.79. The van der Waals surface area contributed by atoms with Crippen LogP contribution in [-0.4, -0.2) is 66.8 Å². The van der Waals surface area contributed by atoms with Crippen molar-refractivity contribution in [3.8, 4) is 17.2 Å². The number of azo groups is 1. The maximum absolute atomic E-state index is 15.4. The molecule has 12 nitrogen and oxygen atoms in total. The molecule has 6 atom stereocenters. The Morgan fingerprint density at radius 3 is 1.79 bits per heavy atom. The number of anilines is 3. The minimum Gasteiger partial charge on any atom is -0.502 e. The van der Waals surface area contributed by atoms with E-state index in [4.69, 9.17) is 32.7 Å². The first-order chi connectivity index (χ1) is 28.9. The van der Waals surface area contributed by atoms with Crippen LogP contribution in [0.3, 0.4) is 0 Å². The van der Waals surface area contributed by atoms with E-state index in [9.17, 15) is 37.5 Å². The summed E-state index contributed by atoms with van der Waals surface area (Å²) in [6.07, 6.45) is 0.752. The number of aromatic hydroxyl groups is 1. The highest BCUT2D eigenvalue weighted by molar-refractivity contribution is 6.58. The third-order valence-electron chi connectivity index (χ3n) is 11.8. The summed E-state index contributed by atoms with van der Waals surface area (Å²) >= 11 is 14.5. The molecule has 19 heteroatoms. The van der Waals surface area contributed by atoms with Crippen LogP contribution in [0.1, 0.15) is 24.3 Å². The number of alkyl halides is 2. The highest BCUT2D eigenvalue weighted by Crippen LogP contribution is 2.66. The monoisotopic (exact) mass is 883 g/mol. The topological polar surface area (TPSA) is 141 Å². The lowest BCUT2D eigenvalue weighted by Gasteiger charge is -2.50. The molecular weight excluding hydrogens is 852 g/mol. The Bertz CT molecular complexity index is 2580. The van der Waals surface area contributed by atoms with E-state index in [2.05, 4.69) is 10.2 Å². The molecule has 4 amide bonds. The van der Waals surface area contributed by atoms with Crippen molar-refractivity contribution < 1.29 is 55.7 Å². The van der Waals surface area contributed by atoms with E-state index in [1.54, 1.807) is 30.3 Å². The highest BCUT2D eigenvalue weighted by atomic mass is 35.5. The van der Waals surface area contributed by atoms with Crippen LogP contribution in [-0.2, 0) is 19.2 Å². The Hall–Kier alpha value is -6.07. The van der Waals surface area contributed by atoms with E-state index in [0.29, 0.717) is 11.4 Å². The summed E-state index contributed by atoms with van der Waals surface area (Å²) in [5.74, 6) is -23.1. The SMILES string of the molecule is COc1cc([C@H]2C3=CC[C@@H]4C(=O)N(c5ccc(N=Nc6ccc(N(C)C)cc6)cc5)C(=O)[C@@H]4[C@@H]3C[C@@]3(Cl)C(=O)N(c4c(F)c(F)c(F)c(F)c4F)C(=O)[C@@]23Cl)cc(OC)c1O. The lowest BCUT2D eigenvalue weighted by Crippen LogP contribution is -2.60. The lowest BCUT2D eigenvalue weighted by atomic mass is 9.56. The van der Waals surface area contributed by atoms with Gasteiger partial charge in [-0.15, -0.1) is 23.2 Å². The maximum atomic E-state index is 15.4. The van der Waals surface area contributed by atoms with Gasteiger partial charge in [-0.1, -0.05) is 11.6 Å². The second kappa shape index (κ2) is 14.8. The van der Waals surface area contributed by atoms with Crippen LogP contribution in [0.15, 0.2) is 82.5 Å². The largest absolute Gasteiger partial charge is 0.502 e. The minimum absolute atomic E-state index is 0.0200. The number of carbonyl (C=O) groups is 4. The number of ether oxygens (including phenoxy) is 2. The average molecular weight is 885 g/mol. The van der Waals surface area contributed by atoms with Gasteiger partial charge in [0.2, 0.25) is 23.4 Å². The van der Waals surface area contributed by atoms with Gasteiger partial charge in [-0.2, -0.15) is 10.2 Å². The first-order valence-corrected chi connectivity index (χ1v) is 19.3. The Morgan fingerprint density at radius 2 is 1.26 bits per heavy atom. The zero-order chi connectivity index (χ0) is 44.0. The molecule has 3 fully saturated rings. The van der Waals surface area contributed by atoms with Crippen LogP contribution in [0.5, 0.6) is 17.2 Å². The van der Waals surface area contributed by atoms with Gasteiger partial charge in [0.25, 0.3) is 11.8 Å². The van der Waals surface area contributed by atoms with E-state index >= 15 is 8.78 Å². The Kier molecular flexibility index (Phi) is 10.1. The van der Waals surface area contributed by atoms with Crippen molar-refractivity contribution in [3.63, 3.8) is 0 Å². The predicted molar refractivity (Wildman–Crippen MR) is 212 cm³/mol. The summed E-state index contributed by atoms with van der Waals surface area (Å²) in [5.41, 5.74) is 0.400. The third-order valence-corrected chi connectivity index (χ3v) is 13.2. The molecule has 1 saturated carbocycles. The molecule has 316 valence electrons. The predicted octanol–water partition coefficient (Wildman–Crippen LogP) is 8.35. The molecule has 2 aliphatic heterocycles. The van der Waals surface area contributed by atoms with Crippen molar-refractivity contribution in [2.24, 2.45) is 28.0 Å². The van der Waals surface area contributed by atoms with Gasteiger partial charge in [-0.05, 0) is 85.0 Å². The number of hydrogen-bond donors (Lipinski definition) is 1. The molecule has 4 aliphatic rings. The Labute approximate surface area is 353 Å². The molecule has 0 spiro atoms. The number of fused-ring (bicyclic) bond motifs is 4. The Balaban J connectivity index is 1.21. The number of imide groups is 2. The first-order valence-electron chi connectivity index (χ1n) is 18.5. The van der Waals surface area contributed by atoms with Gasteiger partial charge in [0.05, 0.1) is 43.1 Å². The zero-order valence-electron chi connectivity index (χ0n) is 32.4. The second-order valence-electron chi connectivity index (χ2n) is 15.1. The van der Waals surface area contributed by atoms with Gasteiger partial charge < -0.3 is 19.5 Å². The van der Waals surface area contributed by atoms with Crippen molar-refractivity contribution in [1.29, 1.82) is 0 Å². The smallest absolute Gasteiger partial charge is 0.258 e. The van der Waals surface area contributed by atoms with Gasteiger partial charge in [-0.25, -0.2) is 26.9 Å². The molecule has 0 bridgehead atoms. The summed E-state index contributed by atoms with van der Waals surface area (Å²) in [6, 6.07) is 15.9. The summed E-state index contributed by atoms with van der Waals surface area (Å²) in [7, 11) is 6.20. The van der Waals surface area contributed by atoms with Crippen molar-refractivity contribution in [2.75, 3.05) is 43.0 Å². The fraction of sp³-hybridized carbons (Fsp3) is 0.286. The van der Waals surface area contributed by atoms with E-state index in [-0.39, 0.29) is 39.6 Å². The number of amides is 4. The first kappa shape index (κ1) is 41.7. The zero-order valence-corrected chi connectivity index (χ0v) is 33.9. The average Bonchev–Trinajstić information content (AvgIpc) is 3.59. The molecule has 8 rings (SSSR count). The third kappa shape index (κ3) is 5.98. The van der Waals surface area contributed by atoms with Crippen LogP contribution in [0, 0.1) is 46.8 Å². The molecule has 0 aromatic heterocycles. The van der Waals surface area contributed by atoms with Crippen LogP contribution in [0.25, 0.3) is 0 Å². The van der Waals surface area contributed by atoms with Gasteiger partial charge in [0.15, 0.2) is 44.5 Å². The van der Waals surface area contributed by atoms with Crippen LogP contribution < -0.4 is 24.2 Å². The quantitative estimate of drug-likeness (QED) is 0.0354. The number of halogens is 7. The number of hydrogen-bond acceptors (Lipinski definition) is 10.